The first-order valence-corrected chi connectivity index (χ1v) is 20.0. The number of amides is 4. The van der Waals surface area contributed by atoms with Crippen molar-refractivity contribution in [3.8, 4) is 0 Å². The van der Waals surface area contributed by atoms with Crippen LogP contribution in [0.1, 0.15) is 92.9 Å². The van der Waals surface area contributed by atoms with Gasteiger partial charge in [0.15, 0.2) is 0 Å². The van der Waals surface area contributed by atoms with Crippen LogP contribution >= 0.6 is 0 Å². The zero-order chi connectivity index (χ0) is 38.9. The monoisotopic (exact) mass is 758 g/mol. The van der Waals surface area contributed by atoms with Crippen molar-refractivity contribution in [2.45, 2.75) is 89.3 Å². The Morgan fingerprint density at radius 2 is 1.71 bits per heavy atom. The van der Waals surface area contributed by atoms with E-state index in [4.69, 9.17) is 9.97 Å². The summed E-state index contributed by atoms with van der Waals surface area (Å²) in [4.78, 5) is 73.9. The molecule has 4 amide bonds. The third kappa shape index (κ3) is 6.18. The van der Waals surface area contributed by atoms with Gasteiger partial charge in [-0.2, -0.15) is 4.98 Å². The molecule has 0 radical (unpaired) electrons. The molecule has 3 aromatic heterocycles. The third-order valence-electron chi connectivity index (χ3n) is 12.9. The molecule has 4 fully saturated rings. The van der Waals surface area contributed by atoms with Crippen LogP contribution in [-0.4, -0.2) is 99.3 Å². The highest BCUT2D eigenvalue weighted by atomic mass is 16.2. The van der Waals surface area contributed by atoms with Crippen LogP contribution in [0.15, 0.2) is 48.8 Å². The minimum Gasteiger partial charge on any atom is -0.370 e. The van der Waals surface area contributed by atoms with Crippen LogP contribution in [0.3, 0.4) is 0 Å². The summed E-state index contributed by atoms with van der Waals surface area (Å²) in [6.07, 6.45) is 10.8. The van der Waals surface area contributed by atoms with Gasteiger partial charge in [0, 0.05) is 80.6 Å². The van der Waals surface area contributed by atoms with Crippen molar-refractivity contribution in [1.82, 2.24) is 34.6 Å². The number of hydrogen-bond donors (Lipinski definition) is 2. The molecule has 1 saturated carbocycles. The number of likely N-dealkylation sites (tertiary alicyclic amines) is 1. The van der Waals surface area contributed by atoms with Gasteiger partial charge in [-0.25, -0.2) is 9.97 Å². The van der Waals surface area contributed by atoms with Crippen molar-refractivity contribution in [1.29, 1.82) is 0 Å². The fourth-order valence-electron chi connectivity index (χ4n) is 9.78. The van der Waals surface area contributed by atoms with Gasteiger partial charge in [0.1, 0.15) is 23.2 Å². The molecular weight excluding hydrogens is 709 g/mol. The third-order valence-corrected chi connectivity index (χ3v) is 12.9. The van der Waals surface area contributed by atoms with Crippen LogP contribution in [0.5, 0.6) is 0 Å². The largest absolute Gasteiger partial charge is 0.370 e. The van der Waals surface area contributed by atoms with Crippen molar-refractivity contribution in [2.75, 3.05) is 55.4 Å². The molecule has 7 heterocycles. The number of piperidine rings is 2. The number of imide groups is 1. The smallest absolute Gasteiger partial charge is 0.270 e. The number of pyridine rings is 1. The van der Waals surface area contributed by atoms with E-state index in [-0.39, 0.29) is 35.6 Å². The molecule has 1 atom stereocenters. The summed E-state index contributed by atoms with van der Waals surface area (Å²) >= 11 is 0. The van der Waals surface area contributed by atoms with Gasteiger partial charge in [-0.1, -0.05) is 25.0 Å². The average Bonchev–Trinajstić information content (AvgIpc) is 3.88. The number of aromatic nitrogens is 4. The Morgan fingerprint density at radius 3 is 2.41 bits per heavy atom. The summed E-state index contributed by atoms with van der Waals surface area (Å²) in [6, 6.07) is 11.6. The second kappa shape index (κ2) is 13.7. The molecule has 1 aromatic carbocycles. The van der Waals surface area contributed by atoms with Crippen LogP contribution in [-0.2, 0) is 26.3 Å². The maximum Gasteiger partial charge on any atom is 0.270 e. The lowest BCUT2D eigenvalue weighted by Crippen LogP contribution is -2.60. The molecule has 14 nitrogen and oxygen atoms in total. The van der Waals surface area contributed by atoms with E-state index in [0.29, 0.717) is 23.9 Å². The highest BCUT2D eigenvalue weighted by Crippen LogP contribution is 2.52. The Balaban J connectivity index is 0.823. The summed E-state index contributed by atoms with van der Waals surface area (Å²) in [5, 5.41) is 6.57. The van der Waals surface area contributed by atoms with Gasteiger partial charge < -0.3 is 19.7 Å². The van der Waals surface area contributed by atoms with Gasteiger partial charge in [-0.05, 0) is 88.9 Å². The first kappa shape index (κ1) is 36.3. The van der Waals surface area contributed by atoms with E-state index >= 15 is 0 Å². The number of hydrogen-bond acceptors (Lipinski definition) is 10. The predicted molar refractivity (Wildman–Crippen MR) is 213 cm³/mol. The molecule has 1 aliphatic carbocycles. The Bertz CT molecular complexity index is 2230. The average molecular weight is 759 g/mol. The lowest BCUT2D eigenvalue weighted by molar-refractivity contribution is -0.136. The molecule has 0 bridgehead atoms. The van der Waals surface area contributed by atoms with E-state index < -0.39 is 17.4 Å². The molecule has 2 N–H and O–H groups in total. The van der Waals surface area contributed by atoms with Gasteiger partial charge in [0.25, 0.3) is 5.91 Å². The number of carbonyl (C=O) groups is 4. The zero-order valence-electron chi connectivity index (χ0n) is 32.7. The van der Waals surface area contributed by atoms with Gasteiger partial charge in [-0.3, -0.25) is 34.3 Å². The first-order chi connectivity index (χ1) is 26.9. The van der Waals surface area contributed by atoms with E-state index in [1.165, 1.54) is 0 Å². The minimum absolute atomic E-state index is 0.0280. The van der Waals surface area contributed by atoms with E-state index in [1.807, 2.05) is 44.3 Å². The maximum atomic E-state index is 13.8. The van der Waals surface area contributed by atoms with Crippen molar-refractivity contribution in [3.63, 3.8) is 0 Å². The van der Waals surface area contributed by atoms with Crippen LogP contribution < -0.4 is 20.4 Å². The standard InChI is InChI=1S/C42H50N10O4/c1-41(2)35-29(10-7-11-30(35)52(39(41)56)31-13-15-34(53)46-37(31)54)50-24-42(25-50)16-18-49(19-17-42)23-26-12-14-33(43-21-26)45-40-44-22-27-20-32(38(55)48(3)4)51(36(27)47-40)28-8-5-6-9-28/h7,10-12,14,20-22,28,31H,5-6,8-9,13,15-19,23-25H2,1-4H3,(H,46,53,54)(H,43,44,45,47)/t31-/m0/s1. The molecule has 4 aliphatic heterocycles. The van der Waals surface area contributed by atoms with Crippen molar-refractivity contribution < 1.29 is 19.2 Å². The fourth-order valence-corrected chi connectivity index (χ4v) is 9.78. The van der Waals surface area contributed by atoms with Gasteiger partial charge >= 0.3 is 0 Å². The number of fused-ring (bicyclic) bond motifs is 2. The van der Waals surface area contributed by atoms with Gasteiger partial charge in [0.05, 0.1) is 11.1 Å². The maximum absolute atomic E-state index is 13.8. The lowest BCUT2D eigenvalue weighted by Gasteiger charge is -2.55. The normalized spacial score (nSPS) is 22.1. The van der Waals surface area contributed by atoms with Crippen molar-refractivity contribution in [2.24, 2.45) is 5.41 Å². The fraction of sp³-hybridized carbons (Fsp3) is 0.500. The highest BCUT2D eigenvalue weighted by Gasteiger charge is 2.53. The topological polar surface area (TPSA) is 149 Å². The van der Waals surface area contributed by atoms with Crippen LogP contribution in [0, 0.1) is 5.41 Å². The Hall–Kier alpha value is -5.37. The Morgan fingerprint density at radius 1 is 0.964 bits per heavy atom. The number of benzene rings is 1. The summed E-state index contributed by atoms with van der Waals surface area (Å²) in [5.74, 6) is 0.318. The number of carbonyl (C=O) groups excluding carboxylic acids is 4. The SMILES string of the molecule is CN(C)C(=O)c1cc2cnc(Nc3ccc(CN4CCC5(CC4)CN(c4cccc6c4C(C)(C)C(=O)N6[C@H]4CCC(=O)NC4=O)C5)cn3)nc2n1C1CCCC1. The summed E-state index contributed by atoms with van der Waals surface area (Å²) < 4.78 is 2.12. The van der Waals surface area contributed by atoms with E-state index in [1.54, 1.807) is 30.1 Å². The molecule has 3 saturated heterocycles. The van der Waals surface area contributed by atoms with E-state index in [0.717, 1.165) is 105 Å². The number of nitrogens with zero attached hydrogens (tertiary/aromatic N) is 8. The molecule has 1 spiro atoms. The number of rotatable bonds is 8. The molecular formula is C42H50N10O4. The Labute approximate surface area is 326 Å². The summed E-state index contributed by atoms with van der Waals surface area (Å²) in [7, 11) is 3.56. The molecule has 4 aromatic rings. The zero-order valence-corrected chi connectivity index (χ0v) is 32.7. The highest BCUT2D eigenvalue weighted by molar-refractivity contribution is 6.14. The second-order valence-electron chi connectivity index (χ2n) is 17.3. The minimum atomic E-state index is -0.780. The second-order valence-corrected chi connectivity index (χ2v) is 17.3. The molecule has 9 rings (SSSR count). The quantitative estimate of drug-likeness (QED) is 0.237. The molecule has 0 unspecified atom stereocenters. The van der Waals surface area contributed by atoms with Crippen LogP contribution in [0.4, 0.5) is 23.1 Å². The van der Waals surface area contributed by atoms with E-state index in [2.05, 4.69) is 42.1 Å². The van der Waals surface area contributed by atoms with E-state index in [9.17, 15) is 19.2 Å². The molecule has 292 valence electrons. The molecule has 56 heavy (non-hydrogen) atoms. The number of nitrogens with one attached hydrogen (secondary N) is 2. The van der Waals surface area contributed by atoms with Crippen molar-refractivity contribution in [3.05, 3.63) is 65.6 Å². The summed E-state index contributed by atoms with van der Waals surface area (Å²) in [5.41, 5.74) is 4.87. The first-order valence-electron chi connectivity index (χ1n) is 20.0. The Kier molecular flexibility index (Phi) is 8.86. The van der Waals surface area contributed by atoms with Crippen LogP contribution in [0.25, 0.3) is 11.0 Å². The predicted octanol–water partition coefficient (Wildman–Crippen LogP) is 4.92. The van der Waals surface area contributed by atoms with Crippen molar-refractivity contribution >= 4 is 57.8 Å². The molecule has 14 heteroatoms. The van der Waals surface area contributed by atoms with Crippen LogP contribution in [0.2, 0.25) is 0 Å². The summed E-state index contributed by atoms with van der Waals surface area (Å²) in [6.45, 7) is 8.60. The number of anilines is 4. The lowest BCUT2D eigenvalue weighted by atomic mass is 9.71. The van der Waals surface area contributed by atoms with Gasteiger partial charge in [0.2, 0.25) is 23.7 Å². The molecule has 5 aliphatic rings. The van der Waals surface area contributed by atoms with Gasteiger partial charge in [-0.15, -0.1) is 0 Å².